The average molecular weight is 287 g/mol. The molecule has 20 heavy (non-hydrogen) atoms. The van der Waals surface area contributed by atoms with Crippen LogP contribution < -0.4 is 10.6 Å². The van der Waals surface area contributed by atoms with Crippen molar-refractivity contribution >= 4 is 28.7 Å². The molecule has 2 aromatic carbocycles. The monoisotopic (exact) mass is 286 g/mol. The van der Waals surface area contributed by atoms with Gasteiger partial charge in [-0.2, -0.15) is 0 Å². The first kappa shape index (κ1) is 14.5. The fourth-order valence-electron chi connectivity index (χ4n) is 2.14. The van der Waals surface area contributed by atoms with Crippen LogP contribution in [-0.2, 0) is 0 Å². The lowest BCUT2D eigenvalue weighted by Crippen LogP contribution is -2.04. The van der Waals surface area contributed by atoms with E-state index in [4.69, 9.17) is 11.6 Å². The Morgan fingerprint density at radius 3 is 2.60 bits per heavy atom. The van der Waals surface area contributed by atoms with Gasteiger partial charge in [-0.3, -0.25) is 0 Å². The van der Waals surface area contributed by atoms with Crippen LogP contribution >= 0.6 is 11.6 Å². The van der Waals surface area contributed by atoms with Crippen molar-refractivity contribution in [1.82, 2.24) is 5.32 Å². The maximum atomic E-state index is 5.98. The van der Waals surface area contributed by atoms with E-state index < -0.39 is 0 Å². The largest absolute Gasteiger partial charge is 0.388 e. The highest BCUT2D eigenvalue weighted by Gasteiger charge is 2.02. The van der Waals surface area contributed by atoms with E-state index in [9.17, 15) is 0 Å². The Morgan fingerprint density at radius 2 is 1.95 bits per heavy atom. The van der Waals surface area contributed by atoms with E-state index in [1.807, 2.05) is 45.2 Å². The SMILES string of the molecule is C/C=C(\NC)c1cccc(Nc2ccc(Cl)cc2C)c1. The maximum absolute atomic E-state index is 5.98. The van der Waals surface area contributed by atoms with Crippen molar-refractivity contribution in [3.8, 4) is 0 Å². The molecule has 0 radical (unpaired) electrons. The highest BCUT2D eigenvalue weighted by molar-refractivity contribution is 6.30. The summed E-state index contributed by atoms with van der Waals surface area (Å²) in [6.07, 6.45) is 2.06. The first-order chi connectivity index (χ1) is 9.63. The van der Waals surface area contributed by atoms with Crippen LogP contribution in [0.25, 0.3) is 5.70 Å². The molecular weight excluding hydrogens is 268 g/mol. The van der Waals surface area contributed by atoms with Gasteiger partial charge in [0.15, 0.2) is 0 Å². The van der Waals surface area contributed by atoms with Gasteiger partial charge < -0.3 is 10.6 Å². The highest BCUT2D eigenvalue weighted by Crippen LogP contribution is 2.25. The van der Waals surface area contributed by atoms with E-state index in [2.05, 4.69) is 34.9 Å². The second-order valence-corrected chi connectivity index (χ2v) is 5.05. The van der Waals surface area contributed by atoms with Crippen LogP contribution in [0.1, 0.15) is 18.1 Å². The molecule has 0 aromatic heterocycles. The molecule has 2 rings (SSSR count). The van der Waals surface area contributed by atoms with Crippen LogP contribution in [0.3, 0.4) is 0 Å². The molecule has 0 aliphatic carbocycles. The Balaban J connectivity index is 2.28. The van der Waals surface area contributed by atoms with Crippen molar-refractivity contribution in [2.45, 2.75) is 13.8 Å². The van der Waals surface area contributed by atoms with Gasteiger partial charge in [-0.25, -0.2) is 0 Å². The van der Waals surface area contributed by atoms with E-state index in [1.54, 1.807) is 0 Å². The van der Waals surface area contributed by atoms with E-state index in [-0.39, 0.29) is 0 Å². The Kier molecular flexibility index (Phi) is 4.70. The third kappa shape index (κ3) is 3.34. The molecule has 0 saturated heterocycles. The van der Waals surface area contributed by atoms with Crippen LogP contribution in [0.2, 0.25) is 5.02 Å². The van der Waals surface area contributed by atoms with Gasteiger partial charge in [0, 0.05) is 29.1 Å². The van der Waals surface area contributed by atoms with E-state index >= 15 is 0 Å². The summed E-state index contributed by atoms with van der Waals surface area (Å²) in [5.41, 5.74) is 5.52. The number of benzene rings is 2. The van der Waals surface area contributed by atoms with Crippen LogP contribution in [0.5, 0.6) is 0 Å². The summed E-state index contributed by atoms with van der Waals surface area (Å²) in [5.74, 6) is 0. The van der Waals surface area contributed by atoms with Gasteiger partial charge in [-0.15, -0.1) is 0 Å². The van der Waals surface area contributed by atoms with Gasteiger partial charge in [0.25, 0.3) is 0 Å². The van der Waals surface area contributed by atoms with Gasteiger partial charge in [0.05, 0.1) is 0 Å². The Bertz CT molecular complexity index is 633. The van der Waals surface area contributed by atoms with Crippen molar-refractivity contribution in [3.63, 3.8) is 0 Å². The summed E-state index contributed by atoms with van der Waals surface area (Å²) < 4.78 is 0. The van der Waals surface area contributed by atoms with Crippen LogP contribution in [0, 0.1) is 6.92 Å². The number of aryl methyl sites for hydroxylation is 1. The van der Waals surface area contributed by atoms with Crippen LogP contribution in [0.15, 0.2) is 48.5 Å². The minimum absolute atomic E-state index is 0.758. The van der Waals surface area contributed by atoms with Crippen molar-refractivity contribution in [2.24, 2.45) is 0 Å². The summed E-state index contributed by atoms with van der Waals surface area (Å²) in [7, 11) is 1.93. The summed E-state index contributed by atoms with van der Waals surface area (Å²) in [6, 6.07) is 14.2. The lowest BCUT2D eigenvalue weighted by molar-refractivity contribution is 1.12. The number of allylic oxidation sites excluding steroid dienone is 1. The molecule has 0 saturated carbocycles. The molecule has 104 valence electrons. The second kappa shape index (κ2) is 6.49. The predicted octanol–water partition coefficient (Wildman–Crippen LogP) is 4.97. The molecule has 3 heteroatoms. The number of hydrogen-bond donors (Lipinski definition) is 2. The molecule has 0 aliphatic heterocycles. The average Bonchev–Trinajstić information content (AvgIpc) is 2.44. The molecule has 0 aliphatic rings. The fourth-order valence-corrected chi connectivity index (χ4v) is 2.37. The normalized spacial score (nSPS) is 11.3. The van der Waals surface area contributed by atoms with Gasteiger partial charge in [-0.1, -0.05) is 29.8 Å². The second-order valence-electron chi connectivity index (χ2n) is 4.62. The lowest BCUT2D eigenvalue weighted by Gasteiger charge is -2.12. The molecule has 2 N–H and O–H groups in total. The fraction of sp³-hybridized carbons (Fsp3) is 0.176. The zero-order valence-corrected chi connectivity index (χ0v) is 12.8. The Labute approximate surface area is 125 Å². The van der Waals surface area contributed by atoms with E-state index in [0.717, 1.165) is 33.2 Å². The maximum Gasteiger partial charge on any atom is 0.0414 e. The summed E-state index contributed by atoms with van der Waals surface area (Å²) in [4.78, 5) is 0. The first-order valence-corrected chi connectivity index (χ1v) is 6.99. The minimum atomic E-state index is 0.758. The summed E-state index contributed by atoms with van der Waals surface area (Å²) in [6.45, 7) is 4.07. The topological polar surface area (TPSA) is 24.1 Å². The number of nitrogens with one attached hydrogen (secondary N) is 2. The number of hydrogen-bond acceptors (Lipinski definition) is 2. The standard InChI is InChI=1S/C17H19ClN2/c1-4-16(19-3)13-6-5-7-15(11-13)20-17-9-8-14(18)10-12(17)2/h4-11,19-20H,1-3H3/b16-4-. The Morgan fingerprint density at radius 1 is 1.15 bits per heavy atom. The van der Waals surface area contributed by atoms with Gasteiger partial charge >= 0.3 is 0 Å². The summed E-state index contributed by atoms with van der Waals surface area (Å²) >= 11 is 5.98. The van der Waals surface area contributed by atoms with E-state index in [0.29, 0.717) is 0 Å². The van der Waals surface area contributed by atoms with Crippen LogP contribution in [0.4, 0.5) is 11.4 Å². The molecule has 0 spiro atoms. The minimum Gasteiger partial charge on any atom is -0.388 e. The molecule has 0 unspecified atom stereocenters. The smallest absolute Gasteiger partial charge is 0.0414 e. The van der Waals surface area contributed by atoms with Gasteiger partial charge in [0.2, 0.25) is 0 Å². The van der Waals surface area contributed by atoms with Crippen molar-refractivity contribution < 1.29 is 0 Å². The zero-order chi connectivity index (χ0) is 14.5. The zero-order valence-electron chi connectivity index (χ0n) is 12.0. The summed E-state index contributed by atoms with van der Waals surface area (Å²) in [5, 5.41) is 7.38. The molecule has 0 bridgehead atoms. The highest BCUT2D eigenvalue weighted by atomic mass is 35.5. The molecule has 0 fully saturated rings. The van der Waals surface area contributed by atoms with Gasteiger partial charge in [0.1, 0.15) is 0 Å². The van der Waals surface area contributed by atoms with Crippen molar-refractivity contribution in [2.75, 3.05) is 12.4 Å². The third-order valence-corrected chi connectivity index (χ3v) is 3.43. The molecule has 0 heterocycles. The molecule has 2 nitrogen and oxygen atoms in total. The quantitative estimate of drug-likeness (QED) is 0.829. The first-order valence-electron chi connectivity index (χ1n) is 6.61. The third-order valence-electron chi connectivity index (χ3n) is 3.20. The number of anilines is 2. The molecule has 0 amide bonds. The Hall–Kier alpha value is -1.93. The lowest BCUT2D eigenvalue weighted by atomic mass is 10.1. The molecule has 0 atom stereocenters. The van der Waals surface area contributed by atoms with E-state index in [1.165, 1.54) is 0 Å². The number of rotatable bonds is 4. The van der Waals surface area contributed by atoms with Gasteiger partial charge in [-0.05, 0) is 55.3 Å². The number of halogens is 1. The predicted molar refractivity (Wildman–Crippen MR) is 88.6 cm³/mol. The van der Waals surface area contributed by atoms with Crippen molar-refractivity contribution in [3.05, 3.63) is 64.7 Å². The van der Waals surface area contributed by atoms with Crippen LogP contribution in [-0.4, -0.2) is 7.05 Å². The van der Waals surface area contributed by atoms with Crippen molar-refractivity contribution in [1.29, 1.82) is 0 Å². The molecular formula is C17H19ClN2. The molecule has 2 aromatic rings.